The highest BCUT2D eigenvalue weighted by Gasteiger charge is 2.32. The standard InChI is InChI=1S/C27H31ClN4O5/c1-18(28)17-37-24-14-19(9-10-23(24)36-2)16-32(22-8-3-4-11-29-25(22)33)26(34)20-6-5-7-21(15-20)31-13-12-30-27(31)35/h5-7,9-10,14-15,22H,1,3-4,8,11-13,16-17H2,2H3,(H,29,33)(H,30,35)/t22-/m0/s1. The zero-order valence-corrected chi connectivity index (χ0v) is 21.6. The molecule has 2 aliphatic heterocycles. The Kier molecular flexibility index (Phi) is 8.55. The van der Waals surface area contributed by atoms with Crippen molar-refractivity contribution in [3.63, 3.8) is 0 Å². The number of anilines is 1. The van der Waals surface area contributed by atoms with Crippen LogP contribution in [0.1, 0.15) is 35.2 Å². The summed E-state index contributed by atoms with van der Waals surface area (Å²) in [5.74, 6) is 0.505. The Balaban J connectivity index is 1.66. The maximum Gasteiger partial charge on any atom is 0.321 e. The Morgan fingerprint density at radius 3 is 2.70 bits per heavy atom. The molecule has 2 heterocycles. The molecule has 2 N–H and O–H groups in total. The van der Waals surface area contributed by atoms with Gasteiger partial charge in [0.25, 0.3) is 5.91 Å². The molecule has 10 heteroatoms. The van der Waals surface area contributed by atoms with Gasteiger partial charge < -0.3 is 25.0 Å². The summed E-state index contributed by atoms with van der Waals surface area (Å²) < 4.78 is 11.1. The predicted octanol–water partition coefficient (Wildman–Crippen LogP) is 3.67. The molecule has 2 aromatic carbocycles. The third-order valence-electron chi connectivity index (χ3n) is 6.37. The van der Waals surface area contributed by atoms with Crippen LogP contribution in [0.3, 0.4) is 0 Å². The first-order valence-corrected chi connectivity index (χ1v) is 12.6. The molecular weight excluding hydrogens is 496 g/mol. The minimum Gasteiger partial charge on any atom is -0.493 e. The van der Waals surface area contributed by atoms with Gasteiger partial charge in [0.15, 0.2) is 11.5 Å². The topological polar surface area (TPSA) is 100 Å². The van der Waals surface area contributed by atoms with E-state index in [0.717, 1.165) is 18.4 Å². The van der Waals surface area contributed by atoms with E-state index in [1.807, 2.05) is 6.07 Å². The number of nitrogens with one attached hydrogen (secondary N) is 2. The molecule has 4 rings (SSSR count). The van der Waals surface area contributed by atoms with Gasteiger partial charge in [-0.15, -0.1) is 0 Å². The van der Waals surface area contributed by atoms with Crippen LogP contribution in [0.5, 0.6) is 11.5 Å². The van der Waals surface area contributed by atoms with Crippen LogP contribution in [-0.4, -0.2) is 62.1 Å². The van der Waals surface area contributed by atoms with Crippen molar-refractivity contribution in [2.75, 3.05) is 38.3 Å². The Morgan fingerprint density at radius 1 is 1.14 bits per heavy atom. The van der Waals surface area contributed by atoms with E-state index in [2.05, 4.69) is 17.2 Å². The van der Waals surface area contributed by atoms with Crippen molar-refractivity contribution in [1.82, 2.24) is 15.5 Å². The van der Waals surface area contributed by atoms with Crippen molar-refractivity contribution in [3.05, 3.63) is 65.2 Å². The van der Waals surface area contributed by atoms with Crippen LogP contribution in [0.2, 0.25) is 0 Å². The quantitative estimate of drug-likeness (QED) is 0.519. The van der Waals surface area contributed by atoms with E-state index in [0.29, 0.717) is 53.8 Å². The van der Waals surface area contributed by atoms with Gasteiger partial charge in [0.2, 0.25) is 5.91 Å². The molecule has 2 saturated heterocycles. The summed E-state index contributed by atoms with van der Waals surface area (Å²) >= 11 is 5.87. The lowest BCUT2D eigenvalue weighted by atomic mass is 10.0. The van der Waals surface area contributed by atoms with Crippen molar-refractivity contribution < 1.29 is 23.9 Å². The Hall–Kier alpha value is -3.72. The molecule has 2 fully saturated rings. The van der Waals surface area contributed by atoms with Gasteiger partial charge in [0, 0.05) is 42.5 Å². The maximum absolute atomic E-state index is 13.9. The van der Waals surface area contributed by atoms with Crippen molar-refractivity contribution >= 4 is 35.1 Å². The highest BCUT2D eigenvalue weighted by atomic mass is 35.5. The number of benzene rings is 2. The van der Waals surface area contributed by atoms with Gasteiger partial charge in [0.1, 0.15) is 12.6 Å². The summed E-state index contributed by atoms with van der Waals surface area (Å²) in [6.45, 7) is 5.57. The Labute approximate surface area is 221 Å². The highest BCUT2D eigenvalue weighted by molar-refractivity contribution is 6.29. The molecule has 2 aliphatic rings. The monoisotopic (exact) mass is 526 g/mol. The van der Waals surface area contributed by atoms with E-state index >= 15 is 0 Å². The summed E-state index contributed by atoms with van der Waals surface area (Å²) in [4.78, 5) is 42.3. The SMILES string of the molecule is C=C(Cl)COc1cc(CN(C(=O)c2cccc(N3CCNC3=O)c2)[C@H]2CCCCNC2=O)ccc1OC. The van der Waals surface area contributed by atoms with Gasteiger partial charge in [-0.05, 0) is 55.2 Å². The van der Waals surface area contributed by atoms with Gasteiger partial charge in [-0.3, -0.25) is 14.5 Å². The van der Waals surface area contributed by atoms with E-state index in [4.69, 9.17) is 21.1 Å². The normalized spacial score (nSPS) is 17.5. The van der Waals surface area contributed by atoms with Crippen LogP contribution in [0, 0.1) is 0 Å². The average molecular weight is 527 g/mol. The second-order valence-corrected chi connectivity index (χ2v) is 9.50. The van der Waals surface area contributed by atoms with E-state index in [1.54, 1.807) is 46.2 Å². The summed E-state index contributed by atoms with van der Waals surface area (Å²) in [5, 5.41) is 6.04. The van der Waals surface area contributed by atoms with Crippen molar-refractivity contribution in [1.29, 1.82) is 0 Å². The van der Waals surface area contributed by atoms with E-state index in [9.17, 15) is 14.4 Å². The maximum atomic E-state index is 13.9. The molecule has 0 radical (unpaired) electrons. The van der Waals surface area contributed by atoms with Crippen LogP contribution in [0.4, 0.5) is 10.5 Å². The number of ether oxygens (including phenoxy) is 2. The summed E-state index contributed by atoms with van der Waals surface area (Å²) in [6.07, 6.45) is 2.22. The summed E-state index contributed by atoms with van der Waals surface area (Å²) in [7, 11) is 1.54. The minimum atomic E-state index is -0.636. The Bertz CT molecular complexity index is 1190. The minimum absolute atomic E-state index is 0.103. The van der Waals surface area contributed by atoms with Gasteiger partial charge in [0.05, 0.1) is 7.11 Å². The fraction of sp³-hybridized carbons (Fsp3) is 0.370. The van der Waals surface area contributed by atoms with Crippen LogP contribution in [0.25, 0.3) is 0 Å². The number of amides is 4. The number of hydrogen-bond donors (Lipinski definition) is 2. The number of nitrogens with zero attached hydrogens (tertiary/aromatic N) is 2. The predicted molar refractivity (Wildman–Crippen MR) is 141 cm³/mol. The second-order valence-electron chi connectivity index (χ2n) is 8.96. The molecule has 0 aliphatic carbocycles. The van der Waals surface area contributed by atoms with E-state index < -0.39 is 6.04 Å². The summed E-state index contributed by atoms with van der Waals surface area (Å²) in [6, 6.07) is 11.5. The molecule has 0 saturated carbocycles. The molecule has 0 aromatic heterocycles. The Morgan fingerprint density at radius 2 is 1.97 bits per heavy atom. The number of urea groups is 1. The molecule has 9 nitrogen and oxygen atoms in total. The molecular formula is C27H31ClN4O5. The molecule has 1 atom stereocenters. The van der Waals surface area contributed by atoms with Crippen molar-refractivity contribution in [2.45, 2.75) is 31.8 Å². The average Bonchev–Trinajstić information content (AvgIpc) is 3.22. The van der Waals surface area contributed by atoms with Gasteiger partial charge >= 0.3 is 6.03 Å². The first-order valence-electron chi connectivity index (χ1n) is 12.2. The highest BCUT2D eigenvalue weighted by Crippen LogP contribution is 2.30. The number of rotatable bonds is 9. The molecule has 2 aromatic rings. The molecule has 37 heavy (non-hydrogen) atoms. The third kappa shape index (κ3) is 6.35. The molecule has 0 bridgehead atoms. The fourth-order valence-electron chi connectivity index (χ4n) is 4.52. The second kappa shape index (κ2) is 12.0. The van der Waals surface area contributed by atoms with E-state index in [-0.39, 0.29) is 31.0 Å². The van der Waals surface area contributed by atoms with Gasteiger partial charge in [-0.25, -0.2) is 4.79 Å². The molecule has 196 valence electrons. The van der Waals surface area contributed by atoms with Crippen molar-refractivity contribution in [2.24, 2.45) is 0 Å². The first kappa shape index (κ1) is 26.3. The lowest BCUT2D eigenvalue weighted by molar-refractivity contribution is -0.125. The van der Waals surface area contributed by atoms with Crippen LogP contribution in [-0.2, 0) is 11.3 Å². The number of halogens is 1. The number of carbonyl (C=O) groups is 3. The molecule has 0 unspecified atom stereocenters. The number of hydrogen-bond acceptors (Lipinski definition) is 5. The zero-order chi connectivity index (χ0) is 26.4. The van der Waals surface area contributed by atoms with Gasteiger partial charge in [-0.1, -0.05) is 30.3 Å². The zero-order valence-electron chi connectivity index (χ0n) is 20.8. The summed E-state index contributed by atoms with van der Waals surface area (Å²) in [5.41, 5.74) is 1.79. The van der Waals surface area contributed by atoms with Crippen molar-refractivity contribution in [3.8, 4) is 11.5 Å². The van der Waals surface area contributed by atoms with Crippen LogP contribution >= 0.6 is 11.6 Å². The lowest BCUT2D eigenvalue weighted by Crippen LogP contribution is -2.48. The fourth-order valence-corrected chi connectivity index (χ4v) is 4.57. The van der Waals surface area contributed by atoms with E-state index in [1.165, 1.54) is 7.11 Å². The third-order valence-corrected chi connectivity index (χ3v) is 6.48. The largest absolute Gasteiger partial charge is 0.493 e. The first-order chi connectivity index (χ1) is 17.9. The van der Waals surface area contributed by atoms with Crippen LogP contribution in [0.15, 0.2) is 54.1 Å². The number of methoxy groups -OCH3 is 1. The smallest absolute Gasteiger partial charge is 0.321 e. The lowest BCUT2D eigenvalue weighted by Gasteiger charge is -2.30. The molecule has 0 spiro atoms. The number of carbonyl (C=O) groups excluding carboxylic acids is 3. The van der Waals surface area contributed by atoms with Gasteiger partial charge in [-0.2, -0.15) is 0 Å². The van der Waals surface area contributed by atoms with Crippen LogP contribution < -0.4 is 25.0 Å². The molecule has 4 amide bonds.